The van der Waals surface area contributed by atoms with E-state index in [0.717, 1.165) is 11.1 Å². The number of benzene rings is 2. The van der Waals surface area contributed by atoms with Gasteiger partial charge < -0.3 is 10.5 Å². The summed E-state index contributed by atoms with van der Waals surface area (Å²) >= 11 is 6.00. The van der Waals surface area contributed by atoms with Crippen LogP contribution in [0.25, 0.3) is 0 Å². The van der Waals surface area contributed by atoms with Gasteiger partial charge in [-0.2, -0.15) is 0 Å². The topological polar surface area (TPSA) is 35.2 Å². The Hall–Kier alpha value is -1.58. The summed E-state index contributed by atoms with van der Waals surface area (Å²) in [5.74, 6) is 0.337. The van der Waals surface area contributed by atoms with Crippen molar-refractivity contribution < 1.29 is 9.13 Å². The molecule has 2 rings (SSSR count). The first-order chi connectivity index (χ1) is 9.47. The Kier molecular flexibility index (Phi) is 4.63. The van der Waals surface area contributed by atoms with Crippen molar-refractivity contribution in [1.82, 2.24) is 0 Å². The van der Waals surface area contributed by atoms with Gasteiger partial charge in [0, 0.05) is 11.1 Å². The predicted octanol–water partition coefficient (Wildman–Crippen LogP) is 4.25. The first-order valence-corrected chi connectivity index (χ1v) is 6.79. The molecule has 0 saturated heterocycles. The van der Waals surface area contributed by atoms with Crippen LogP contribution < -0.4 is 10.5 Å². The first kappa shape index (κ1) is 14.8. The molecule has 2 aromatic rings. The second kappa shape index (κ2) is 6.25. The summed E-state index contributed by atoms with van der Waals surface area (Å²) in [6.07, 6.45) is -0.335. The van der Waals surface area contributed by atoms with Gasteiger partial charge in [0.25, 0.3) is 0 Å². The summed E-state index contributed by atoms with van der Waals surface area (Å²) in [5.41, 5.74) is 7.64. The second-order valence-electron chi connectivity index (χ2n) is 4.86. The van der Waals surface area contributed by atoms with Crippen molar-refractivity contribution in [3.8, 4) is 5.75 Å². The zero-order valence-electron chi connectivity index (χ0n) is 11.4. The average molecular weight is 294 g/mol. The summed E-state index contributed by atoms with van der Waals surface area (Å²) in [5, 5.41) is 0.632. The number of aryl methyl sites for hydroxylation is 1. The molecule has 0 amide bonds. The minimum Gasteiger partial charge on any atom is -0.484 e. The molecule has 0 fully saturated rings. The minimum atomic E-state index is -0.335. The van der Waals surface area contributed by atoms with Crippen molar-refractivity contribution in [3.05, 3.63) is 64.4 Å². The van der Waals surface area contributed by atoms with Gasteiger partial charge in [0.2, 0.25) is 0 Å². The molecular formula is C16H17ClFNO. The quantitative estimate of drug-likeness (QED) is 0.914. The van der Waals surface area contributed by atoms with E-state index >= 15 is 0 Å². The fraction of sp³-hybridized carbons (Fsp3) is 0.250. The molecule has 0 saturated carbocycles. The van der Waals surface area contributed by atoms with E-state index in [2.05, 4.69) is 0 Å². The third-order valence-corrected chi connectivity index (χ3v) is 3.28. The molecule has 106 valence electrons. The van der Waals surface area contributed by atoms with Crippen LogP contribution in [0, 0.1) is 12.7 Å². The Balaban J connectivity index is 2.30. The number of nitrogens with two attached hydrogens (primary N) is 1. The van der Waals surface area contributed by atoms with Crippen molar-refractivity contribution in [1.29, 1.82) is 0 Å². The van der Waals surface area contributed by atoms with Crippen LogP contribution in [0.5, 0.6) is 5.75 Å². The molecular weight excluding hydrogens is 277 g/mol. The zero-order valence-corrected chi connectivity index (χ0v) is 12.2. The molecule has 0 aliphatic heterocycles. The number of ether oxygens (including phenoxy) is 1. The lowest BCUT2D eigenvalue weighted by Gasteiger charge is -2.24. The van der Waals surface area contributed by atoms with Gasteiger partial charge in [-0.15, -0.1) is 0 Å². The third kappa shape index (κ3) is 3.50. The van der Waals surface area contributed by atoms with Crippen LogP contribution in [0.4, 0.5) is 4.39 Å². The normalized spacial score (nSPS) is 13.8. The van der Waals surface area contributed by atoms with Gasteiger partial charge in [0.15, 0.2) is 0 Å². The van der Waals surface area contributed by atoms with Crippen LogP contribution in [0.1, 0.15) is 24.2 Å². The van der Waals surface area contributed by atoms with Crippen molar-refractivity contribution in [2.45, 2.75) is 26.0 Å². The van der Waals surface area contributed by atoms with E-state index in [4.69, 9.17) is 22.1 Å². The Labute approximate surface area is 123 Å². The van der Waals surface area contributed by atoms with E-state index in [0.29, 0.717) is 10.8 Å². The van der Waals surface area contributed by atoms with Crippen LogP contribution in [0.15, 0.2) is 42.5 Å². The standard InChI is InChI=1S/C16H17ClFNO/c1-10-8-14(18)6-7-15(10)20-16(11(2)19)12-4-3-5-13(17)9-12/h3-9,11,16H,19H2,1-2H3. The summed E-state index contributed by atoms with van der Waals surface area (Å²) in [7, 11) is 0. The number of rotatable bonds is 4. The molecule has 2 unspecified atom stereocenters. The highest BCUT2D eigenvalue weighted by Gasteiger charge is 2.19. The van der Waals surface area contributed by atoms with Gasteiger partial charge in [0.1, 0.15) is 17.7 Å². The molecule has 2 nitrogen and oxygen atoms in total. The lowest BCUT2D eigenvalue weighted by Crippen LogP contribution is -2.29. The van der Waals surface area contributed by atoms with E-state index in [9.17, 15) is 4.39 Å². The maximum absolute atomic E-state index is 13.1. The average Bonchev–Trinajstić information content (AvgIpc) is 2.37. The fourth-order valence-electron chi connectivity index (χ4n) is 2.04. The van der Waals surface area contributed by atoms with Gasteiger partial charge in [-0.3, -0.25) is 0 Å². The summed E-state index contributed by atoms with van der Waals surface area (Å²) in [6.45, 7) is 3.67. The molecule has 0 aliphatic carbocycles. The van der Waals surface area contributed by atoms with Crippen LogP contribution in [0.2, 0.25) is 5.02 Å². The van der Waals surface area contributed by atoms with Gasteiger partial charge in [-0.25, -0.2) is 4.39 Å². The van der Waals surface area contributed by atoms with E-state index in [1.165, 1.54) is 12.1 Å². The molecule has 2 aromatic carbocycles. The minimum absolute atomic E-state index is 0.224. The van der Waals surface area contributed by atoms with Crippen molar-refractivity contribution in [2.75, 3.05) is 0 Å². The van der Waals surface area contributed by atoms with Crippen LogP contribution >= 0.6 is 11.6 Å². The largest absolute Gasteiger partial charge is 0.484 e. The molecule has 2 N–H and O–H groups in total. The molecule has 0 heterocycles. The molecule has 0 bridgehead atoms. The Morgan fingerprint density at radius 3 is 2.55 bits per heavy atom. The highest BCUT2D eigenvalue weighted by molar-refractivity contribution is 6.30. The zero-order chi connectivity index (χ0) is 14.7. The van der Waals surface area contributed by atoms with Crippen molar-refractivity contribution in [3.63, 3.8) is 0 Å². The molecule has 0 radical (unpaired) electrons. The second-order valence-corrected chi connectivity index (χ2v) is 5.30. The summed E-state index contributed by atoms with van der Waals surface area (Å²) < 4.78 is 19.1. The maximum Gasteiger partial charge on any atom is 0.139 e. The molecule has 20 heavy (non-hydrogen) atoms. The van der Waals surface area contributed by atoms with E-state index < -0.39 is 0 Å². The number of halogens is 2. The Morgan fingerprint density at radius 1 is 1.20 bits per heavy atom. The van der Waals surface area contributed by atoms with Gasteiger partial charge >= 0.3 is 0 Å². The van der Waals surface area contributed by atoms with Gasteiger partial charge in [0.05, 0.1) is 0 Å². The van der Waals surface area contributed by atoms with Gasteiger partial charge in [-0.05, 0) is 55.3 Å². The van der Waals surface area contributed by atoms with E-state index in [1.807, 2.05) is 25.1 Å². The van der Waals surface area contributed by atoms with Crippen LogP contribution in [-0.2, 0) is 0 Å². The first-order valence-electron chi connectivity index (χ1n) is 6.41. The number of hydrogen-bond donors (Lipinski definition) is 1. The molecule has 0 spiro atoms. The van der Waals surface area contributed by atoms with Crippen molar-refractivity contribution in [2.24, 2.45) is 5.73 Å². The molecule has 2 atom stereocenters. The molecule has 4 heteroatoms. The molecule has 0 aliphatic rings. The van der Waals surface area contributed by atoms with Gasteiger partial charge in [-0.1, -0.05) is 23.7 Å². The highest BCUT2D eigenvalue weighted by Crippen LogP contribution is 2.28. The highest BCUT2D eigenvalue weighted by atomic mass is 35.5. The fourth-order valence-corrected chi connectivity index (χ4v) is 2.24. The smallest absolute Gasteiger partial charge is 0.139 e. The lowest BCUT2D eigenvalue weighted by molar-refractivity contribution is 0.179. The molecule has 0 aromatic heterocycles. The van der Waals surface area contributed by atoms with Crippen molar-refractivity contribution >= 4 is 11.6 Å². The monoisotopic (exact) mass is 293 g/mol. The van der Waals surface area contributed by atoms with E-state index in [1.54, 1.807) is 19.1 Å². The maximum atomic E-state index is 13.1. The predicted molar refractivity (Wildman–Crippen MR) is 79.6 cm³/mol. The Bertz CT molecular complexity index is 601. The van der Waals surface area contributed by atoms with Crippen LogP contribution in [-0.4, -0.2) is 6.04 Å². The third-order valence-electron chi connectivity index (χ3n) is 3.05. The van der Waals surface area contributed by atoms with E-state index in [-0.39, 0.29) is 18.0 Å². The summed E-state index contributed by atoms with van der Waals surface area (Å²) in [4.78, 5) is 0. The number of hydrogen-bond acceptors (Lipinski definition) is 2. The SMILES string of the molecule is Cc1cc(F)ccc1OC(c1cccc(Cl)c1)C(C)N. The van der Waals surface area contributed by atoms with Crippen LogP contribution in [0.3, 0.4) is 0 Å². The Morgan fingerprint density at radius 2 is 1.95 bits per heavy atom. The lowest BCUT2D eigenvalue weighted by atomic mass is 10.0. The summed E-state index contributed by atoms with van der Waals surface area (Å²) in [6, 6.07) is 11.6.